The fourth-order valence-corrected chi connectivity index (χ4v) is 2.87. The molecule has 1 aromatic heterocycles. The maximum Gasteiger partial charge on any atom is 0.224 e. The number of aryl methyl sites for hydroxylation is 1. The third-order valence-electron chi connectivity index (χ3n) is 2.63. The Kier molecular flexibility index (Phi) is 3.53. The molecule has 1 N–H and O–H groups in total. The first-order valence-electron chi connectivity index (χ1n) is 5.59. The van der Waals surface area contributed by atoms with Crippen LogP contribution >= 0.6 is 11.8 Å². The number of nitrogens with zero attached hydrogens (tertiary/aromatic N) is 3. The van der Waals surface area contributed by atoms with Crippen molar-refractivity contribution in [2.75, 3.05) is 36.1 Å². The molecule has 1 fully saturated rings. The summed E-state index contributed by atoms with van der Waals surface area (Å²) in [6, 6.07) is 2.06. The van der Waals surface area contributed by atoms with Crippen molar-refractivity contribution in [3.05, 3.63) is 11.8 Å². The van der Waals surface area contributed by atoms with Crippen LogP contribution in [0, 0.1) is 6.92 Å². The first kappa shape index (κ1) is 11.5. The van der Waals surface area contributed by atoms with Crippen LogP contribution in [0.2, 0.25) is 0 Å². The number of aromatic nitrogens is 2. The number of anilines is 2. The lowest BCUT2D eigenvalue weighted by molar-refractivity contribution is 0.767. The molecule has 0 saturated carbocycles. The Balaban J connectivity index is 2.21. The van der Waals surface area contributed by atoms with E-state index in [4.69, 9.17) is 0 Å². The van der Waals surface area contributed by atoms with Gasteiger partial charge in [-0.1, -0.05) is 6.92 Å². The lowest BCUT2D eigenvalue weighted by atomic mass is 10.3. The van der Waals surface area contributed by atoms with Crippen LogP contribution in [-0.4, -0.2) is 41.1 Å². The van der Waals surface area contributed by atoms with Crippen LogP contribution in [0.5, 0.6) is 0 Å². The Morgan fingerprint density at radius 2 is 2.31 bits per heavy atom. The molecule has 2 heterocycles. The van der Waals surface area contributed by atoms with Crippen molar-refractivity contribution in [1.29, 1.82) is 0 Å². The molecular formula is C11H18N4S. The molecule has 1 aliphatic rings. The van der Waals surface area contributed by atoms with E-state index in [-0.39, 0.29) is 0 Å². The second kappa shape index (κ2) is 4.91. The van der Waals surface area contributed by atoms with Gasteiger partial charge in [-0.3, -0.25) is 0 Å². The molecule has 1 unspecified atom stereocenters. The van der Waals surface area contributed by atoms with Crippen molar-refractivity contribution < 1.29 is 0 Å². The molecule has 0 radical (unpaired) electrons. The lowest BCUT2D eigenvalue weighted by Gasteiger charge is -2.31. The molecular weight excluding hydrogens is 220 g/mol. The average molecular weight is 238 g/mol. The van der Waals surface area contributed by atoms with Crippen molar-refractivity contribution in [1.82, 2.24) is 9.97 Å². The third kappa shape index (κ3) is 2.58. The van der Waals surface area contributed by atoms with Crippen molar-refractivity contribution in [2.24, 2.45) is 0 Å². The van der Waals surface area contributed by atoms with Crippen molar-refractivity contribution in [3.8, 4) is 0 Å². The maximum atomic E-state index is 4.50. The Labute approximate surface area is 101 Å². The molecule has 1 aliphatic heterocycles. The molecule has 1 atom stereocenters. The SMILES string of the molecule is CNc1nc(C)cc(N2CCSC(C)C2)n1. The molecule has 0 spiro atoms. The third-order valence-corrected chi connectivity index (χ3v) is 3.77. The van der Waals surface area contributed by atoms with Gasteiger partial charge < -0.3 is 10.2 Å². The van der Waals surface area contributed by atoms with E-state index in [9.17, 15) is 0 Å². The van der Waals surface area contributed by atoms with E-state index in [2.05, 4.69) is 33.2 Å². The smallest absolute Gasteiger partial charge is 0.224 e. The van der Waals surface area contributed by atoms with E-state index >= 15 is 0 Å². The summed E-state index contributed by atoms with van der Waals surface area (Å²) in [7, 11) is 1.85. The molecule has 1 saturated heterocycles. The van der Waals surface area contributed by atoms with Gasteiger partial charge in [0.15, 0.2) is 0 Å². The summed E-state index contributed by atoms with van der Waals surface area (Å²) >= 11 is 2.03. The van der Waals surface area contributed by atoms with Crippen molar-refractivity contribution in [2.45, 2.75) is 19.1 Å². The quantitative estimate of drug-likeness (QED) is 0.850. The van der Waals surface area contributed by atoms with Gasteiger partial charge in [0.25, 0.3) is 0 Å². The molecule has 0 bridgehead atoms. The zero-order valence-corrected chi connectivity index (χ0v) is 10.8. The normalized spacial score (nSPS) is 20.9. The van der Waals surface area contributed by atoms with E-state index in [1.54, 1.807) is 0 Å². The summed E-state index contributed by atoms with van der Waals surface area (Å²) < 4.78 is 0. The van der Waals surface area contributed by atoms with Crippen LogP contribution in [0.4, 0.5) is 11.8 Å². The fraction of sp³-hybridized carbons (Fsp3) is 0.636. The summed E-state index contributed by atoms with van der Waals surface area (Å²) in [4.78, 5) is 11.2. The van der Waals surface area contributed by atoms with Gasteiger partial charge in [0.2, 0.25) is 5.95 Å². The zero-order valence-electron chi connectivity index (χ0n) is 10.0. The van der Waals surface area contributed by atoms with Gasteiger partial charge in [-0.15, -0.1) is 0 Å². The standard InChI is InChI=1S/C11H18N4S/c1-8-6-10(14-11(12-3)13-8)15-4-5-16-9(2)7-15/h6,9H,4-5,7H2,1-3H3,(H,12,13,14). The summed E-state index contributed by atoms with van der Waals surface area (Å²) in [6.45, 7) is 6.43. The van der Waals surface area contributed by atoms with E-state index in [0.717, 1.165) is 24.6 Å². The lowest BCUT2D eigenvalue weighted by Crippen LogP contribution is -2.37. The average Bonchev–Trinajstić information content (AvgIpc) is 2.28. The number of thioether (sulfide) groups is 1. The molecule has 5 heteroatoms. The van der Waals surface area contributed by atoms with Crippen molar-refractivity contribution in [3.63, 3.8) is 0 Å². The van der Waals surface area contributed by atoms with Gasteiger partial charge >= 0.3 is 0 Å². The first-order chi connectivity index (χ1) is 7.69. The molecule has 4 nitrogen and oxygen atoms in total. The molecule has 2 rings (SSSR count). The molecule has 0 aromatic carbocycles. The highest BCUT2D eigenvalue weighted by Crippen LogP contribution is 2.23. The van der Waals surface area contributed by atoms with E-state index in [1.807, 2.05) is 25.7 Å². The minimum absolute atomic E-state index is 0.682. The van der Waals surface area contributed by atoms with Crippen LogP contribution in [0.15, 0.2) is 6.07 Å². The van der Waals surface area contributed by atoms with Gasteiger partial charge in [0, 0.05) is 42.9 Å². The number of nitrogens with one attached hydrogen (secondary N) is 1. The zero-order chi connectivity index (χ0) is 11.5. The predicted molar refractivity (Wildman–Crippen MR) is 70.4 cm³/mol. The van der Waals surface area contributed by atoms with Crippen molar-refractivity contribution >= 4 is 23.5 Å². The Morgan fingerprint density at radius 1 is 1.50 bits per heavy atom. The van der Waals surface area contributed by atoms with Crippen LogP contribution in [0.1, 0.15) is 12.6 Å². The van der Waals surface area contributed by atoms with E-state index < -0.39 is 0 Å². The Bertz CT molecular complexity index is 369. The van der Waals surface area contributed by atoms with Gasteiger partial charge in [0.1, 0.15) is 5.82 Å². The highest BCUT2D eigenvalue weighted by molar-refractivity contribution is 8.00. The summed E-state index contributed by atoms with van der Waals surface area (Å²) in [5, 5.41) is 3.69. The fourth-order valence-electron chi connectivity index (χ4n) is 1.85. The van der Waals surface area contributed by atoms with Gasteiger partial charge in [0.05, 0.1) is 0 Å². The van der Waals surface area contributed by atoms with Gasteiger partial charge in [-0.25, -0.2) is 4.98 Å². The van der Waals surface area contributed by atoms with E-state index in [0.29, 0.717) is 11.2 Å². The number of rotatable bonds is 2. The minimum atomic E-state index is 0.682. The maximum absolute atomic E-state index is 4.50. The van der Waals surface area contributed by atoms with Gasteiger partial charge in [-0.2, -0.15) is 16.7 Å². The largest absolute Gasteiger partial charge is 0.357 e. The monoisotopic (exact) mass is 238 g/mol. The highest BCUT2D eigenvalue weighted by atomic mass is 32.2. The van der Waals surface area contributed by atoms with Gasteiger partial charge in [-0.05, 0) is 6.92 Å². The topological polar surface area (TPSA) is 41.1 Å². The Morgan fingerprint density at radius 3 is 3.00 bits per heavy atom. The summed E-state index contributed by atoms with van der Waals surface area (Å²) in [6.07, 6.45) is 0. The second-order valence-electron chi connectivity index (χ2n) is 4.07. The Hall–Kier alpha value is -0.970. The number of hydrogen-bond donors (Lipinski definition) is 1. The summed E-state index contributed by atoms with van der Waals surface area (Å²) in [5.41, 5.74) is 1.01. The van der Waals surface area contributed by atoms with Crippen LogP contribution in [0.25, 0.3) is 0 Å². The number of hydrogen-bond acceptors (Lipinski definition) is 5. The predicted octanol–water partition coefficient (Wildman–Crippen LogP) is 1.77. The summed E-state index contributed by atoms with van der Waals surface area (Å²) in [5.74, 6) is 2.93. The highest BCUT2D eigenvalue weighted by Gasteiger charge is 2.18. The molecule has 88 valence electrons. The molecule has 0 amide bonds. The minimum Gasteiger partial charge on any atom is -0.357 e. The van der Waals surface area contributed by atoms with E-state index in [1.165, 1.54) is 5.75 Å². The second-order valence-corrected chi connectivity index (χ2v) is 5.61. The van der Waals surface area contributed by atoms with Crippen LogP contribution in [-0.2, 0) is 0 Å². The van der Waals surface area contributed by atoms with Crippen LogP contribution < -0.4 is 10.2 Å². The molecule has 0 aliphatic carbocycles. The molecule has 16 heavy (non-hydrogen) atoms. The van der Waals surface area contributed by atoms with Crippen LogP contribution in [0.3, 0.4) is 0 Å². The molecule has 1 aromatic rings. The first-order valence-corrected chi connectivity index (χ1v) is 6.64.